The molecule has 1 aliphatic rings. The highest BCUT2D eigenvalue weighted by Gasteiger charge is 2.43. The quantitative estimate of drug-likeness (QED) is 0.482. The van der Waals surface area contributed by atoms with Gasteiger partial charge < -0.3 is 10.2 Å². The first-order valence-electron chi connectivity index (χ1n) is 9.16. The summed E-state index contributed by atoms with van der Waals surface area (Å²) in [7, 11) is 0. The van der Waals surface area contributed by atoms with E-state index in [-0.39, 0.29) is 31.4 Å². The van der Waals surface area contributed by atoms with Gasteiger partial charge in [0.25, 0.3) is 0 Å². The number of amides is 1. The van der Waals surface area contributed by atoms with Gasteiger partial charge in [0.2, 0.25) is 5.95 Å². The fourth-order valence-electron chi connectivity index (χ4n) is 3.30. The Kier molecular flexibility index (Phi) is 6.09. The highest BCUT2D eigenvalue weighted by molar-refractivity contribution is 6.30. The summed E-state index contributed by atoms with van der Waals surface area (Å²) in [5, 5.41) is 2.09. The van der Waals surface area contributed by atoms with Crippen LogP contribution < -0.4 is 5.32 Å². The van der Waals surface area contributed by atoms with E-state index < -0.39 is 29.0 Å². The molecule has 1 aromatic heterocycles. The largest absolute Gasteiger partial charge is 0.471 e. The molecule has 0 saturated carbocycles. The van der Waals surface area contributed by atoms with Gasteiger partial charge in [-0.3, -0.25) is 4.79 Å². The fraction of sp³-hybridized carbons (Fsp3) is 0.421. The van der Waals surface area contributed by atoms with Crippen molar-refractivity contribution in [1.82, 2.24) is 14.9 Å². The van der Waals surface area contributed by atoms with Crippen molar-refractivity contribution in [2.24, 2.45) is 0 Å². The number of hydrogen-bond donors (Lipinski definition) is 1. The van der Waals surface area contributed by atoms with Gasteiger partial charge in [-0.05, 0) is 35.1 Å². The second-order valence-corrected chi connectivity index (χ2v) is 7.72. The second-order valence-electron chi connectivity index (χ2n) is 7.36. The number of nitrogens with one attached hydrogen (secondary N) is 1. The van der Waals surface area contributed by atoms with Crippen molar-refractivity contribution in [2.45, 2.75) is 45.1 Å². The Labute approximate surface area is 178 Å². The van der Waals surface area contributed by atoms with Crippen molar-refractivity contribution in [3.63, 3.8) is 0 Å². The molecule has 2 heterocycles. The van der Waals surface area contributed by atoms with Crippen molar-refractivity contribution < 1.29 is 31.1 Å². The fourth-order valence-corrected chi connectivity index (χ4v) is 3.53. The number of hydrogen-bond acceptors (Lipinski definition) is 4. The number of anilines is 2. The van der Waals surface area contributed by atoms with Gasteiger partial charge in [-0.2, -0.15) is 26.3 Å². The highest BCUT2D eigenvalue weighted by atomic mass is 35.5. The molecule has 1 N–H and O–H groups in total. The average molecular weight is 467 g/mol. The number of aromatic nitrogens is 2. The molecule has 31 heavy (non-hydrogen) atoms. The maximum Gasteiger partial charge on any atom is 0.471 e. The Morgan fingerprint density at radius 3 is 2.39 bits per heavy atom. The summed E-state index contributed by atoms with van der Waals surface area (Å²) in [6, 6.07) is 3.37. The van der Waals surface area contributed by atoms with Crippen LogP contribution in [0.5, 0.6) is 0 Å². The Balaban J connectivity index is 1.92. The van der Waals surface area contributed by atoms with Gasteiger partial charge in [-0.1, -0.05) is 31.5 Å². The molecule has 5 nitrogen and oxygen atoms in total. The van der Waals surface area contributed by atoms with Crippen LogP contribution in [0.4, 0.5) is 38.0 Å². The molecule has 0 fully saturated rings. The molecule has 12 heteroatoms. The van der Waals surface area contributed by atoms with Crippen LogP contribution in [0.3, 0.4) is 0 Å². The number of fused-ring (bicyclic) bond motifs is 1. The number of halogens is 7. The van der Waals surface area contributed by atoms with Gasteiger partial charge in [0, 0.05) is 25.0 Å². The van der Waals surface area contributed by atoms with Crippen molar-refractivity contribution in [3.05, 3.63) is 45.7 Å². The maximum absolute atomic E-state index is 12.8. The predicted molar refractivity (Wildman–Crippen MR) is 101 cm³/mol. The van der Waals surface area contributed by atoms with E-state index in [4.69, 9.17) is 11.6 Å². The predicted octanol–water partition coefficient (Wildman–Crippen LogP) is 5.46. The molecule has 2 aromatic rings. The molecule has 0 radical (unpaired) electrons. The molecule has 0 unspecified atom stereocenters. The van der Waals surface area contributed by atoms with E-state index in [0.29, 0.717) is 23.0 Å². The minimum Gasteiger partial charge on any atom is -0.330 e. The van der Waals surface area contributed by atoms with Gasteiger partial charge in [0.1, 0.15) is 10.7 Å². The number of carbonyl (C=O) groups excluding carboxylic acids is 1. The van der Waals surface area contributed by atoms with Gasteiger partial charge in [-0.25, -0.2) is 9.97 Å². The molecule has 1 aliphatic heterocycles. The third-order valence-electron chi connectivity index (χ3n) is 4.83. The summed E-state index contributed by atoms with van der Waals surface area (Å²) >= 11 is 5.64. The van der Waals surface area contributed by atoms with E-state index in [2.05, 4.69) is 15.3 Å². The van der Waals surface area contributed by atoms with E-state index in [0.717, 1.165) is 10.5 Å². The smallest absolute Gasteiger partial charge is 0.330 e. The van der Waals surface area contributed by atoms with Crippen molar-refractivity contribution in [2.75, 3.05) is 11.9 Å². The van der Waals surface area contributed by atoms with Crippen LogP contribution in [0.15, 0.2) is 18.3 Å². The third-order valence-corrected chi connectivity index (χ3v) is 5.12. The topological polar surface area (TPSA) is 58.1 Å². The molecule has 3 rings (SSSR count). The van der Waals surface area contributed by atoms with Crippen LogP contribution in [0.25, 0.3) is 0 Å². The number of rotatable bonds is 3. The number of alkyl halides is 6. The molecule has 0 aliphatic carbocycles. The zero-order valence-electron chi connectivity index (χ0n) is 16.3. The lowest BCUT2D eigenvalue weighted by Crippen LogP contribution is -2.43. The van der Waals surface area contributed by atoms with Crippen LogP contribution >= 0.6 is 11.6 Å². The SMILES string of the molecule is CC(C)c1cc2c(cc1Nc1ncc(C(F)(F)F)c(Cl)n1)CCN(C(=O)C(F)(F)F)C2. The average Bonchev–Trinajstić information content (AvgIpc) is 2.64. The zero-order valence-corrected chi connectivity index (χ0v) is 17.1. The first kappa shape index (κ1) is 23.1. The standard InChI is InChI=1S/C19H17ClF6N4O/c1-9(2)12-5-11-8-30(16(31)19(24,25)26)4-3-10(11)6-14(12)28-17-27-7-13(15(20)29-17)18(21,22)23/h5-7,9H,3-4,8H2,1-2H3,(H,27,28,29). The summed E-state index contributed by atoms with van der Waals surface area (Å²) in [5.74, 6) is -2.13. The Bertz CT molecular complexity index is 1010. The molecule has 168 valence electrons. The van der Waals surface area contributed by atoms with Gasteiger partial charge in [0.05, 0.1) is 0 Å². The van der Waals surface area contributed by atoms with E-state index in [1.54, 1.807) is 12.1 Å². The first-order chi connectivity index (χ1) is 14.3. The number of benzene rings is 1. The Morgan fingerprint density at radius 1 is 1.16 bits per heavy atom. The maximum atomic E-state index is 12.8. The molecule has 0 spiro atoms. The molecule has 1 amide bonds. The van der Waals surface area contributed by atoms with Crippen LogP contribution in [0.2, 0.25) is 5.15 Å². The van der Waals surface area contributed by atoms with Crippen LogP contribution in [0, 0.1) is 0 Å². The summed E-state index contributed by atoms with van der Waals surface area (Å²) < 4.78 is 76.8. The minimum absolute atomic E-state index is 0.0913. The second kappa shape index (κ2) is 8.18. The monoisotopic (exact) mass is 466 g/mol. The summed E-state index contributed by atoms with van der Waals surface area (Å²) in [5.41, 5.74) is 1.31. The summed E-state index contributed by atoms with van der Waals surface area (Å²) in [4.78, 5) is 19.6. The van der Waals surface area contributed by atoms with Crippen LogP contribution in [0.1, 0.15) is 42.0 Å². The first-order valence-corrected chi connectivity index (χ1v) is 9.53. The Hall–Kier alpha value is -2.56. The molecule has 0 atom stereocenters. The highest BCUT2D eigenvalue weighted by Crippen LogP contribution is 2.36. The van der Waals surface area contributed by atoms with Crippen molar-refractivity contribution in [1.29, 1.82) is 0 Å². The van der Waals surface area contributed by atoms with Crippen molar-refractivity contribution in [3.8, 4) is 0 Å². The number of nitrogens with zero attached hydrogens (tertiary/aromatic N) is 3. The van der Waals surface area contributed by atoms with E-state index in [9.17, 15) is 31.1 Å². The van der Waals surface area contributed by atoms with E-state index in [1.807, 2.05) is 13.8 Å². The van der Waals surface area contributed by atoms with Gasteiger partial charge in [-0.15, -0.1) is 0 Å². The van der Waals surface area contributed by atoms with E-state index in [1.165, 1.54) is 0 Å². The lowest BCUT2D eigenvalue weighted by molar-refractivity contribution is -0.186. The van der Waals surface area contributed by atoms with Crippen LogP contribution in [-0.4, -0.2) is 33.5 Å². The zero-order chi connectivity index (χ0) is 23.1. The molecular weight excluding hydrogens is 450 g/mol. The normalized spacial score (nSPS) is 14.6. The summed E-state index contributed by atoms with van der Waals surface area (Å²) in [6.45, 7) is 3.40. The lowest BCUT2D eigenvalue weighted by Gasteiger charge is -2.31. The van der Waals surface area contributed by atoms with Crippen LogP contribution in [-0.2, 0) is 23.9 Å². The molecule has 0 bridgehead atoms. The third kappa shape index (κ3) is 5.03. The van der Waals surface area contributed by atoms with E-state index >= 15 is 0 Å². The Morgan fingerprint density at radius 2 is 1.84 bits per heavy atom. The summed E-state index contributed by atoms with van der Waals surface area (Å²) in [6.07, 6.45) is -8.87. The molecular formula is C19H17ClF6N4O. The molecule has 1 aromatic carbocycles. The van der Waals surface area contributed by atoms with Gasteiger partial charge >= 0.3 is 18.3 Å². The molecule has 0 saturated heterocycles. The van der Waals surface area contributed by atoms with Gasteiger partial charge in [0.15, 0.2) is 0 Å². The van der Waals surface area contributed by atoms with Crippen molar-refractivity contribution >= 4 is 29.1 Å². The minimum atomic E-state index is -4.95. The lowest BCUT2D eigenvalue weighted by atomic mass is 9.91. The number of carbonyl (C=O) groups is 1.